The molecule has 6 heteroatoms. The number of amides is 1. The Bertz CT molecular complexity index is 382. The van der Waals surface area contributed by atoms with E-state index in [1.807, 2.05) is 0 Å². The van der Waals surface area contributed by atoms with Gasteiger partial charge in [0.2, 0.25) is 0 Å². The van der Waals surface area contributed by atoms with Crippen molar-refractivity contribution in [2.24, 2.45) is 5.10 Å². The normalized spacial score (nSPS) is 12.0. The van der Waals surface area contributed by atoms with Gasteiger partial charge in [-0.05, 0) is 26.0 Å². The summed E-state index contributed by atoms with van der Waals surface area (Å²) in [5, 5.41) is 13.0. The van der Waals surface area contributed by atoms with Crippen molar-refractivity contribution in [1.29, 1.82) is 0 Å². The van der Waals surface area contributed by atoms with Crippen molar-refractivity contribution in [1.82, 2.24) is 5.43 Å². The quantitative estimate of drug-likeness (QED) is 0.629. The van der Waals surface area contributed by atoms with Gasteiger partial charge in [0.15, 0.2) is 0 Å². The molecule has 1 aromatic rings. The van der Waals surface area contributed by atoms with Crippen molar-refractivity contribution in [2.75, 3.05) is 0 Å². The zero-order valence-corrected chi connectivity index (χ0v) is 9.89. The summed E-state index contributed by atoms with van der Waals surface area (Å²) in [4.78, 5) is 12.0. The first-order valence-corrected chi connectivity index (χ1v) is 5.40. The maximum atomic E-state index is 11.2. The Balaban J connectivity index is 2.51. The highest BCUT2D eigenvalue weighted by atomic mass is 35.5. The molecule has 1 amide bonds. The molecule has 0 aromatic carbocycles. The van der Waals surface area contributed by atoms with Gasteiger partial charge in [-0.1, -0.05) is 11.6 Å². The first-order chi connectivity index (χ1) is 6.89. The molecule has 0 unspecified atom stereocenters. The molecule has 0 saturated carbocycles. The van der Waals surface area contributed by atoms with Gasteiger partial charge in [-0.25, -0.2) is 5.43 Å². The summed E-state index contributed by atoms with van der Waals surface area (Å²) in [7, 11) is 0. The second-order valence-electron chi connectivity index (χ2n) is 3.40. The van der Waals surface area contributed by atoms with Gasteiger partial charge in [0.1, 0.15) is 5.60 Å². The van der Waals surface area contributed by atoms with Crippen molar-refractivity contribution in [3.63, 3.8) is 0 Å². The smallest absolute Gasteiger partial charge is 0.271 e. The minimum absolute atomic E-state index is 0.554. The van der Waals surface area contributed by atoms with Crippen LogP contribution in [0, 0.1) is 0 Å². The Hall–Kier alpha value is -0.910. The van der Waals surface area contributed by atoms with E-state index in [0.717, 1.165) is 4.88 Å². The topological polar surface area (TPSA) is 61.7 Å². The van der Waals surface area contributed by atoms with E-state index < -0.39 is 11.5 Å². The average molecular weight is 247 g/mol. The Morgan fingerprint density at radius 1 is 1.67 bits per heavy atom. The lowest BCUT2D eigenvalue weighted by Gasteiger charge is -2.13. The molecule has 0 fully saturated rings. The number of nitrogens with one attached hydrogen (secondary N) is 1. The molecule has 1 rings (SSSR count). The number of rotatable bonds is 3. The zero-order chi connectivity index (χ0) is 11.5. The summed E-state index contributed by atoms with van der Waals surface area (Å²) in [6, 6.07) is 3.53. The monoisotopic (exact) mass is 246 g/mol. The number of carbonyl (C=O) groups is 1. The van der Waals surface area contributed by atoms with Crippen LogP contribution < -0.4 is 5.43 Å². The summed E-state index contributed by atoms with van der Waals surface area (Å²) in [6.45, 7) is 2.78. The molecule has 0 saturated heterocycles. The van der Waals surface area contributed by atoms with Crippen LogP contribution in [0.4, 0.5) is 0 Å². The third kappa shape index (κ3) is 3.99. The summed E-state index contributed by atoms with van der Waals surface area (Å²) in [5.74, 6) is -0.554. The van der Waals surface area contributed by atoms with Gasteiger partial charge in [-0.15, -0.1) is 11.3 Å². The van der Waals surface area contributed by atoms with Gasteiger partial charge in [-0.2, -0.15) is 5.10 Å². The third-order valence-corrected chi connectivity index (χ3v) is 2.67. The predicted molar refractivity (Wildman–Crippen MR) is 61.4 cm³/mol. The molecule has 82 valence electrons. The highest BCUT2D eigenvalue weighted by Gasteiger charge is 2.22. The van der Waals surface area contributed by atoms with Crippen LogP contribution in [0.2, 0.25) is 4.34 Å². The fraction of sp³-hybridized carbons (Fsp3) is 0.333. The molecule has 4 nitrogen and oxygen atoms in total. The average Bonchev–Trinajstić information content (AvgIpc) is 2.49. The van der Waals surface area contributed by atoms with Crippen molar-refractivity contribution in [2.45, 2.75) is 19.4 Å². The third-order valence-electron chi connectivity index (χ3n) is 1.51. The Labute approximate surface area is 96.6 Å². The standard InChI is InChI=1S/C9H11ClN2O2S/c1-9(2,14)8(13)12-11-5-6-3-4-7(10)15-6/h3-5,14H,1-2H3,(H,12,13). The molecule has 1 heterocycles. The molecular weight excluding hydrogens is 236 g/mol. The SMILES string of the molecule is CC(C)(O)C(=O)NN=Cc1ccc(Cl)s1. The lowest BCUT2D eigenvalue weighted by atomic mass is 10.1. The van der Waals surface area contributed by atoms with Crippen LogP contribution in [0.25, 0.3) is 0 Å². The number of carbonyl (C=O) groups excluding carboxylic acids is 1. The molecule has 0 aliphatic carbocycles. The van der Waals surface area contributed by atoms with E-state index >= 15 is 0 Å². The number of nitrogens with zero attached hydrogens (tertiary/aromatic N) is 1. The van der Waals surface area contributed by atoms with Gasteiger partial charge in [0, 0.05) is 4.88 Å². The molecule has 0 spiro atoms. The van der Waals surface area contributed by atoms with Gasteiger partial charge >= 0.3 is 0 Å². The minimum Gasteiger partial charge on any atom is -0.381 e. The molecule has 15 heavy (non-hydrogen) atoms. The predicted octanol–water partition coefficient (Wildman–Crippen LogP) is 1.62. The molecule has 0 bridgehead atoms. The Morgan fingerprint density at radius 2 is 2.33 bits per heavy atom. The first-order valence-electron chi connectivity index (χ1n) is 4.21. The van der Waals surface area contributed by atoms with E-state index in [1.165, 1.54) is 31.4 Å². The van der Waals surface area contributed by atoms with E-state index in [9.17, 15) is 9.90 Å². The van der Waals surface area contributed by atoms with Crippen LogP contribution >= 0.6 is 22.9 Å². The number of thiophene rings is 1. The number of aliphatic hydroxyl groups is 1. The summed E-state index contributed by atoms with van der Waals surface area (Å²) in [5.41, 5.74) is 0.798. The summed E-state index contributed by atoms with van der Waals surface area (Å²) in [6.07, 6.45) is 1.47. The fourth-order valence-corrected chi connectivity index (χ4v) is 1.62. The maximum Gasteiger partial charge on any atom is 0.271 e. The number of hydrazone groups is 1. The second-order valence-corrected chi connectivity index (χ2v) is 5.15. The molecule has 1 aromatic heterocycles. The number of halogens is 1. The van der Waals surface area contributed by atoms with Crippen LogP contribution in [0.5, 0.6) is 0 Å². The Kier molecular flexibility index (Phi) is 3.84. The van der Waals surface area contributed by atoms with Gasteiger partial charge in [0.05, 0.1) is 10.6 Å². The molecule has 0 aliphatic heterocycles. The largest absolute Gasteiger partial charge is 0.381 e. The summed E-state index contributed by atoms with van der Waals surface area (Å²) >= 11 is 7.05. The lowest BCUT2D eigenvalue weighted by Crippen LogP contribution is -2.39. The van der Waals surface area contributed by atoms with Gasteiger partial charge in [-0.3, -0.25) is 4.79 Å². The van der Waals surface area contributed by atoms with E-state index in [0.29, 0.717) is 4.34 Å². The molecule has 0 radical (unpaired) electrons. The van der Waals surface area contributed by atoms with Crippen LogP contribution in [0.3, 0.4) is 0 Å². The first kappa shape index (κ1) is 12.2. The van der Waals surface area contributed by atoms with Crippen LogP contribution in [0.1, 0.15) is 18.7 Å². The molecule has 2 N–H and O–H groups in total. The molecular formula is C9H11ClN2O2S. The number of hydrogen-bond acceptors (Lipinski definition) is 4. The van der Waals surface area contributed by atoms with Gasteiger partial charge < -0.3 is 5.11 Å². The van der Waals surface area contributed by atoms with Crippen molar-refractivity contribution in [3.8, 4) is 0 Å². The van der Waals surface area contributed by atoms with E-state index in [2.05, 4.69) is 10.5 Å². The highest BCUT2D eigenvalue weighted by Crippen LogP contribution is 2.19. The lowest BCUT2D eigenvalue weighted by molar-refractivity contribution is -0.136. The fourth-order valence-electron chi connectivity index (χ4n) is 0.689. The number of hydrogen-bond donors (Lipinski definition) is 2. The van der Waals surface area contributed by atoms with E-state index in [-0.39, 0.29) is 0 Å². The second kappa shape index (κ2) is 4.74. The molecule has 0 atom stereocenters. The zero-order valence-electron chi connectivity index (χ0n) is 8.32. The van der Waals surface area contributed by atoms with Crippen LogP contribution in [0.15, 0.2) is 17.2 Å². The van der Waals surface area contributed by atoms with Crippen molar-refractivity contribution < 1.29 is 9.90 Å². The minimum atomic E-state index is -1.43. The highest BCUT2D eigenvalue weighted by molar-refractivity contribution is 7.17. The maximum absolute atomic E-state index is 11.2. The van der Waals surface area contributed by atoms with E-state index in [4.69, 9.17) is 11.6 Å². The Morgan fingerprint density at radius 3 is 2.80 bits per heavy atom. The molecule has 0 aliphatic rings. The van der Waals surface area contributed by atoms with Crippen molar-refractivity contribution >= 4 is 35.1 Å². The van der Waals surface area contributed by atoms with Crippen molar-refractivity contribution in [3.05, 3.63) is 21.3 Å². The van der Waals surface area contributed by atoms with Crippen LogP contribution in [-0.4, -0.2) is 22.8 Å². The van der Waals surface area contributed by atoms with E-state index in [1.54, 1.807) is 12.1 Å². The van der Waals surface area contributed by atoms with Crippen LogP contribution in [-0.2, 0) is 4.79 Å². The van der Waals surface area contributed by atoms with Gasteiger partial charge in [0.25, 0.3) is 5.91 Å². The summed E-state index contributed by atoms with van der Waals surface area (Å²) < 4.78 is 0.658.